The molecule has 0 aromatic carbocycles. The van der Waals surface area contributed by atoms with E-state index in [1.807, 2.05) is 6.07 Å². The predicted octanol–water partition coefficient (Wildman–Crippen LogP) is 2.72. The number of aromatic nitrogens is 2. The number of rotatable bonds is 7. The van der Waals surface area contributed by atoms with Crippen LogP contribution in [0.3, 0.4) is 0 Å². The number of ether oxygens (including phenoxy) is 1. The standard InChI is InChI=1S/C14H26N4O/c1-6-11(7-2)18(9-10(3)4)12-8-13(19-5)17-14(15)16-12/h8,10-11H,6-7,9H2,1-5H3,(H2,15,16,17). The normalized spacial score (nSPS) is 11.1. The Morgan fingerprint density at radius 3 is 2.37 bits per heavy atom. The molecule has 0 amide bonds. The lowest BCUT2D eigenvalue weighted by molar-refractivity contribution is 0.397. The second kappa shape index (κ2) is 7.16. The first-order chi connectivity index (χ1) is 9.01. The minimum absolute atomic E-state index is 0.258. The van der Waals surface area contributed by atoms with Gasteiger partial charge in [0.1, 0.15) is 5.82 Å². The van der Waals surface area contributed by atoms with Gasteiger partial charge in [-0.1, -0.05) is 27.7 Å². The van der Waals surface area contributed by atoms with Crippen molar-refractivity contribution >= 4 is 11.8 Å². The summed E-state index contributed by atoms with van der Waals surface area (Å²) < 4.78 is 5.18. The molecule has 0 unspecified atom stereocenters. The molecule has 0 saturated carbocycles. The van der Waals surface area contributed by atoms with Gasteiger partial charge >= 0.3 is 0 Å². The Labute approximate surface area is 116 Å². The van der Waals surface area contributed by atoms with E-state index < -0.39 is 0 Å². The Morgan fingerprint density at radius 2 is 1.89 bits per heavy atom. The highest BCUT2D eigenvalue weighted by molar-refractivity contribution is 5.46. The second-order valence-electron chi connectivity index (χ2n) is 5.14. The number of nitrogens with two attached hydrogens (primary N) is 1. The maximum atomic E-state index is 5.76. The fraction of sp³-hybridized carbons (Fsp3) is 0.714. The maximum Gasteiger partial charge on any atom is 0.225 e. The number of hydrogen-bond donors (Lipinski definition) is 1. The quantitative estimate of drug-likeness (QED) is 0.822. The van der Waals surface area contributed by atoms with E-state index in [-0.39, 0.29) is 5.95 Å². The fourth-order valence-corrected chi connectivity index (χ4v) is 2.23. The summed E-state index contributed by atoms with van der Waals surface area (Å²) in [4.78, 5) is 10.7. The van der Waals surface area contributed by atoms with Gasteiger partial charge in [-0.15, -0.1) is 0 Å². The van der Waals surface area contributed by atoms with Crippen molar-refractivity contribution in [3.8, 4) is 5.88 Å². The monoisotopic (exact) mass is 266 g/mol. The van der Waals surface area contributed by atoms with Crippen molar-refractivity contribution in [3.63, 3.8) is 0 Å². The molecule has 0 fully saturated rings. The van der Waals surface area contributed by atoms with E-state index in [1.54, 1.807) is 7.11 Å². The smallest absolute Gasteiger partial charge is 0.225 e. The van der Waals surface area contributed by atoms with E-state index in [2.05, 4.69) is 42.6 Å². The summed E-state index contributed by atoms with van der Waals surface area (Å²) >= 11 is 0. The van der Waals surface area contributed by atoms with Crippen LogP contribution in [0.4, 0.5) is 11.8 Å². The summed E-state index contributed by atoms with van der Waals surface area (Å²) in [7, 11) is 1.59. The molecule has 0 bridgehead atoms. The van der Waals surface area contributed by atoms with E-state index in [4.69, 9.17) is 10.5 Å². The Balaban J connectivity index is 3.11. The van der Waals surface area contributed by atoms with Crippen molar-refractivity contribution < 1.29 is 4.74 Å². The Morgan fingerprint density at radius 1 is 1.26 bits per heavy atom. The van der Waals surface area contributed by atoms with Gasteiger partial charge in [-0.25, -0.2) is 0 Å². The predicted molar refractivity (Wildman–Crippen MR) is 79.6 cm³/mol. The molecule has 0 radical (unpaired) electrons. The topological polar surface area (TPSA) is 64.3 Å². The molecule has 1 rings (SSSR count). The number of nitrogens with zero attached hydrogens (tertiary/aromatic N) is 3. The van der Waals surface area contributed by atoms with Crippen LogP contribution in [0.25, 0.3) is 0 Å². The van der Waals surface area contributed by atoms with Crippen molar-refractivity contribution in [2.24, 2.45) is 5.92 Å². The Hall–Kier alpha value is -1.52. The molecule has 0 spiro atoms. The van der Waals surface area contributed by atoms with Gasteiger partial charge in [-0.3, -0.25) is 0 Å². The molecule has 19 heavy (non-hydrogen) atoms. The molecule has 1 heterocycles. The second-order valence-corrected chi connectivity index (χ2v) is 5.14. The number of methoxy groups -OCH3 is 1. The molecule has 108 valence electrons. The molecule has 0 aliphatic rings. The van der Waals surface area contributed by atoms with Crippen LogP contribution in [0, 0.1) is 5.92 Å². The molecule has 5 nitrogen and oxygen atoms in total. The lowest BCUT2D eigenvalue weighted by Crippen LogP contribution is -2.38. The highest BCUT2D eigenvalue weighted by Gasteiger charge is 2.19. The van der Waals surface area contributed by atoms with Gasteiger partial charge in [-0.2, -0.15) is 9.97 Å². The summed E-state index contributed by atoms with van der Waals surface area (Å²) in [5, 5.41) is 0. The molecule has 0 saturated heterocycles. The van der Waals surface area contributed by atoms with Crippen molar-refractivity contribution in [3.05, 3.63) is 6.07 Å². The lowest BCUT2D eigenvalue weighted by Gasteiger charge is -2.33. The minimum Gasteiger partial charge on any atom is -0.481 e. The number of nitrogen functional groups attached to an aromatic ring is 1. The lowest BCUT2D eigenvalue weighted by atomic mass is 10.1. The van der Waals surface area contributed by atoms with Crippen molar-refractivity contribution in [2.45, 2.75) is 46.6 Å². The molecular formula is C14H26N4O. The summed E-state index contributed by atoms with van der Waals surface area (Å²) in [6.07, 6.45) is 2.16. The van der Waals surface area contributed by atoms with E-state index >= 15 is 0 Å². The third-order valence-electron chi connectivity index (χ3n) is 3.15. The van der Waals surface area contributed by atoms with Gasteiger partial charge in [0.15, 0.2) is 0 Å². The molecule has 5 heteroatoms. The zero-order valence-electron chi connectivity index (χ0n) is 12.7. The van der Waals surface area contributed by atoms with Gasteiger partial charge < -0.3 is 15.4 Å². The number of hydrogen-bond acceptors (Lipinski definition) is 5. The van der Waals surface area contributed by atoms with Crippen molar-refractivity contribution in [1.82, 2.24) is 9.97 Å². The van der Waals surface area contributed by atoms with Crippen LogP contribution < -0.4 is 15.4 Å². The highest BCUT2D eigenvalue weighted by Crippen LogP contribution is 2.23. The summed E-state index contributed by atoms with van der Waals surface area (Å²) in [6.45, 7) is 9.76. The molecule has 0 atom stereocenters. The SMILES string of the molecule is CCC(CC)N(CC(C)C)c1cc(OC)nc(N)n1. The molecule has 0 aliphatic carbocycles. The Bertz CT molecular complexity index is 391. The molecule has 2 N–H and O–H groups in total. The van der Waals surface area contributed by atoms with Crippen LogP contribution in [-0.4, -0.2) is 29.7 Å². The molecule has 0 aliphatic heterocycles. The van der Waals surface area contributed by atoms with Crippen LogP contribution in [0.1, 0.15) is 40.5 Å². The molecular weight excluding hydrogens is 240 g/mol. The maximum absolute atomic E-state index is 5.76. The zero-order valence-corrected chi connectivity index (χ0v) is 12.7. The summed E-state index contributed by atoms with van der Waals surface area (Å²) in [5.41, 5.74) is 5.76. The zero-order chi connectivity index (χ0) is 14.4. The van der Waals surface area contributed by atoms with Gasteiger partial charge in [0.25, 0.3) is 0 Å². The van der Waals surface area contributed by atoms with E-state index in [9.17, 15) is 0 Å². The Kier molecular flexibility index (Phi) is 5.86. The van der Waals surface area contributed by atoms with Crippen molar-refractivity contribution in [1.29, 1.82) is 0 Å². The van der Waals surface area contributed by atoms with Crippen LogP contribution in [0.2, 0.25) is 0 Å². The van der Waals surface area contributed by atoms with Gasteiger partial charge in [0, 0.05) is 18.7 Å². The third-order valence-corrected chi connectivity index (χ3v) is 3.15. The fourth-order valence-electron chi connectivity index (χ4n) is 2.23. The average Bonchev–Trinajstić information content (AvgIpc) is 2.37. The van der Waals surface area contributed by atoms with Gasteiger partial charge in [0.2, 0.25) is 11.8 Å². The first-order valence-corrected chi connectivity index (χ1v) is 6.96. The third kappa shape index (κ3) is 4.26. The summed E-state index contributed by atoms with van der Waals surface area (Å²) in [6, 6.07) is 2.32. The van der Waals surface area contributed by atoms with E-state index in [1.165, 1.54) is 0 Å². The number of anilines is 2. The van der Waals surface area contributed by atoms with Crippen molar-refractivity contribution in [2.75, 3.05) is 24.3 Å². The summed E-state index contributed by atoms with van der Waals surface area (Å²) in [5.74, 6) is 2.19. The van der Waals surface area contributed by atoms with Crippen LogP contribution in [0.5, 0.6) is 5.88 Å². The van der Waals surface area contributed by atoms with E-state index in [0.717, 1.165) is 25.2 Å². The van der Waals surface area contributed by atoms with E-state index in [0.29, 0.717) is 17.8 Å². The van der Waals surface area contributed by atoms with Crippen LogP contribution in [0.15, 0.2) is 6.07 Å². The minimum atomic E-state index is 0.258. The first kappa shape index (κ1) is 15.5. The van der Waals surface area contributed by atoms with Gasteiger partial charge in [-0.05, 0) is 18.8 Å². The van der Waals surface area contributed by atoms with Gasteiger partial charge in [0.05, 0.1) is 7.11 Å². The highest BCUT2D eigenvalue weighted by atomic mass is 16.5. The average molecular weight is 266 g/mol. The van der Waals surface area contributed by atoms with Crippen LogP contribution >= 0.6 is 0 Å². The molecule has 1 aromatic heterocycles. The first-order valence-electron chi connectivity index (χ1n) is 6.96. The largest absolute Gasteiger partial charge is 0.481 e. The van der Waals surface area contributed by atoms with Crippen LogP contribution in [-0.2, 0) is 0 Å². The molecule has 1 aromatic rings.